The van der Waals surface area contributed by atoms with E-state index in [-0.39, 0.29) is 0 Å². The number of alkyl halides is 6. The van der Waals surface area contributed by atoms with E-state index >= 15 is 0 Å². The van der Waals surface area contributed by atoms with Crippen molar-refractivity contribution in [2.75, 3.05) is 6.61 Å². The molecule has 9 heteroatoms. The normalized spacial score (nSPS) is 15.9. The Kier molecular flexibility index (Phi) is 7.08. The van der Waals surface area contributed by atoms with E-state index in [0.717, 1.165) is 13.8 Å². The molecule has 0 aliphatic heterocycles. The van der Waals surface area contributed by atoms with Crippen LogP contribution >= 0.6 is 0 Å². The smallest absolute Gasteiger partial charge is 0.404 e. The lowest BCUT2D eigenvalue weighted by atomic mass is 9.87. The molecule has 0 rings (SSSR count). The minimum absolute atomic E-state index is 0.453. The molecule has 2 N–H and O–H groups in total. The monoisotopic (exact) mass is 312 g/mol. The molecule has 0 heterocycles. The van der Waals surface area contributed by atoms with E-state index in [0.29, 0.717) is 6.92 Å². The van der Waals surface area contributed by atoms with Gasteiger partial charge >= 0.3 is 18.3 Å². The van der Waals surface area contributed by atoms with Gasteiger partial charge in [-0.3, -0.25) is 4.79 Å². The zero-order valence-corrected chi connectivity index (χ0v) is 11.5. The Hall–Kier alpha value is -0.990. The van der Waals surface area contributed by atoms with Crippen LogP contribution < -0.4 is 0 Å². The predicted octanol–water partition coefficient (Wildman–Crippen LogP) is 3.62. The number of carboxylic acid groups (broad SMARTS) is 1. The third kappa shape index (κ3) is 5.18. The Balaban J connectivity index is 0. The topological polar surface area (TPSA) is 57.5 Å². The zero-order chi connectivity index (χ0) is 17.0. The molecular formula is C11H18F6O3. The summed E-state index contributed by atoms with van der Waals surface area (Å²) >= 11 is 0. The molecule has 122 valence electrons. The van der Waals surface area contributed by atoms with Crippen molar-refractivity contribution in [1.82, 2.24) is 0 Å². The average molecular weight is 312 g/mol. The number of halogens is 6. The molecule has 0 aromatic carbocycles. The highest BCUT2D eigenvalue weighted by molar-refractivity contribution is 5.75. The molecule has 3 nitrogen and oxygen atoms in total. The molecule has 0 saturated heterocycles. The summed E-state index contributed by atoms with van der Waals surface area (Å²) in [7, 11) is 0. The molecule has 0 bridgehead atoms. The quantitative estimate of drug-likeness (QED) is 0.783. The highest BCUT2D eigenvalue weighted by Gasteiger charge is 2.55. The molecule has 0 fully saturated rings. The van der Waals surface area contributed by atoms with Crippen molar-refractivity contribution in [3.8, 4) is 0 Å². The fourth-order valence-corrected chi connectivity index (χ4v) is 0.563. The van der Waals surface area contributed by atoms with Gasteiger partial charge in [-0.05, 0) is 27.2 Å². The van der Waals surface area contributed by atoms with Gasteiger partial charge in [0.15, 0.2) is 5.41 Å². The van der Waals surface area contributed by atoms with E-state index in [1.165, 1.54) is 6.92 Å². The largest absolute Gasteiger partial charge is 0.481 e. The maximum atomic E-state index is 12.0. The summed E-state index contributed by atoms with van der Waals surface area (Å²) in [5.41, 5.74) is -4.57. The lowest BCUT2D eigenvalue weighted by Crippen LogP contribution is -2.41. The number of aliphatic hydroxyl groups is 1. The van der Waals surface area contributed by atoms with Crippen LogP contribution in [0.2, 0.25) is 0 Å². The van der Waals surface area contributed by atoms with Crippen LogP contribution in [0.1, 0.15) is 34.1 Å². The van der Waals surface area contributed by atoms with Gasteiger partial charge in [-0.15, -0.1) is 0 Å². The average Bonchev–Trinajstić information content (AvgIpc) is 2.25. The fraction of sp³-hybridized carbons (Fsp3) is 0.909. The highest BCUT2D eigenvalue weighted by Crippen LogP contribution is 2.40. The van der Waals surface area contributed by atoms with Gasteiger partial charge in [0.1, 0.15) is 0 Å². The van der Waals surface area contributed by atoms with Gasteiger partial charge < -0.3 is 10.2 Å². The summed E-state index contributed by atoms with van der Waals surface area (Å²) in [5.74, 6) is -1.83. The van der Waals surface area contributed by atoms with Crippen molar-refractivity contribution >= 4 is 5.97 Å². The second-order valence-corrected chi connectivity index (χ2v) is 5.03. The van der Waals surface area contributed by atoms with Crippen molar-refractivity contribution in [3.63, 3.8) is 0 Å². The lowest BCUT2D eigenvalue weighted by Gasteiger charge is -2.25. The first-order valence-electron chi connectivity index (χ1n) is 5.54. The maximum Gasteiger partial charge on any atom is 0.404 e. The minimum Gasteiger partial charge on any atom is -0.481 e. The zero-order valence-electron chi connectivity index (χ0n) is 11.5. The van der Waals surface area contributed by atoms with Crippen LogP contribution in [-0.4, -0.2) is 35.1 Å². The van der Waals surface area contributed by atoms with Crippen LogP contribution in [0.25, 0.3) is 0 Å². The van der Waals surface area contributed by atoms with Gasteiger partial charge in [0.2, 0.25) is 0 Å². The van der Waals surface area contributed by atoms with E-state index < -0.39 is 42.2 Å². The molecule has 0 aliphatic carbocycles. The molecule has 0 amide bonds. The summed E-state index contributed by atoms with van der Waals surface area (Å²) in [6.45, 7) is 2.91. The van der Waals surface area contributed by atoms with Crippen LogP contribution in [0.15, 0.2) is 0 Å². The predicted molar refractivity (Wildman–Crippen MR) is 59.0 cm³/mol. The minimum atomic E-state index is -4.67. The molecule has 0 radical (unpaired) electrons. The summed E-state index contributed by atoms with van der Waals surface area (Å²) < 4.78 is 70.9. The van der Waals surface area contributed by atoms with Crippen molar-refractivity contribution in [1.29, 1.82) is 0 Å². The van der Waals surface area contributed by atoms with Crippen molar-refractivity contribution < 1.29 is 41.4 Å². The molecule has 0 aromatic heterocycles. The Labute approximate surface area is 112 Å². The summed E-state index contributed by atoms with van der Waals surface area (Å²) in [6, 6.07) is 0. The van der Waals surface area contributed by atoms with Crippen LogP contribution in [0, 0.1) is 10.8 Å². The Morgan fingerprint density at radius 2 is 1.30 bits per heavy atom. The van der Waals surface area contributed by atoms with Crippen molar-refractivity contribution in [2.45, 2.75) is 46.5 Å². The molecule has 20 heavy (non-hydrogen) atoms. The van der Waals surface area contributed by atoms with Gasteiger partial charge in [-0.2, -0.15) is 26.3 Å². The number of carboxylic acids is 1. The first-order valence-corrected chi connectivity index (χ1v) is 5.54. The standard InChI is InChI=1S/C6H9F3O2.C5H9F3O/c1-3-5(2,4(10)11)6(7,8)9;1-4(2,3-9)5(6,7)8/h3H2,1-2H3,(H,10,11);9H,3H2,1-2H3. The summed E-state index contributed by atoms with van der Waals surface area (Å²) in [4.78, 5) is 10.2. The molecule has 0 aliphatic rings. The maximum absolute atomic E-state index is 12.0. The first-order chi connectivity index (χ1) is 8.56. The van der Waals surface area contributed by atoms with Crippen LogP contribution in [0.3, 0.4) is 0 Å². The van der Waals surface area contributed by atoms with E-state index in [9.17, 15) is 31.1 Å². The molecule has 0 saturated carbocycles. The highest BCUT2D eigenvalue weighted by atomic mass is 19.4. The molecular weight excluding hydrogens is 294 g/mol. The van der Waals surface area contributed by atoms with Gasteiger partial charge in [0, 0.05) is 0 Å². The van der Waals surface area contributed by atoms with Crippen molar-refractivity contribution in [2.24, 2.45) is 10.8 Å². The number of aliphatic carboxylic acids is 1. The van der Waals surface area contributed by atoms with E-state index in [1.807, 2.05) is 0 Å². The summed E-state index contributed by atoms with van der Waals surface area (Å²) in [6.07, 6.45) is -9.43. The van der Waals surface area contributed by atoms with E-state index in [1.54, 1.807) is 0 Å². The lowest BCUT2D eigenvalue weighted by molar-refractivity contribution is -0.227. The van der Waals surface area contributed by atoms with Gasteiger partial charge in [0.25, 0.3) is 0 Å². The molecule has 1 unspecified atom stereocenters. The van der Waals surface area contributed by atoms with E-state index in [4.69, 9.17) is 10.2 Å². The SMILES string of the molecule is CC(C)(CO)C(F)(F)F.CCC(C)(C(=O)O)C(F)(F)F. The molecule has 1 atom stereocenters. The third-order valence-electron chi connectivity index (χ3n) is 2.97. The van der Waals surface area contributed by atoms with Crippen molar-refractivity contribution in [3.05, 3.63) is 0 Å². The number of carbonyl (C=O) groups is 1. The summed E-state index contributed by atoms with van der Waals surface area (Å²) in [5, 5.41) is 16.5. The van der Waals surface area contributed by atoms with Gasteiger partial charge in [-0.25, -0.2) is 0 Å². The first kappa shape index (κ1) is 21.3. The van der Waals surface area contributed by atoms with Crippen LogP contribution in [-0.2, 0) is 4.79 Å². The van der Waals surface area contributed by atoms with E-state index in [2.05, 4.69) is 0 Å². The molecule has 0 aromatic rings. The third-order valence-corrected chi connectivity index (χ3v) is 2.97. The number of hydrogen-bond acceptors (Lipinski definition) is 2. The van der Waals surface area contributed by atoms with Crippen LogP contribution in [0.5, 0.6) is 0 Å². The molecule has 0 spiro atoms. The van der Waals surface area contributed by atoms with Crippen LogP contribution in [0.4, 0.5) is 26.3 Å². The number of rotatable bonds is 3. The Morgan fingerprint density at radius 1 is 0.950 bits per heavy atom. The second-order valence-electron chi connectivity index (χ2n) is 5.03. The Bertz CT molecular complexity index is 321. The number of hydrogen-bond donors (Lipinski definition) is 2. The fourth-order valence-electron chi connectivity index (χ4n) is 0.563. The van der Waals surface area contributed by atoms with Gasteiger partial charge in [-0.1, -0.05) is 6.92 Å². The van der Waals surface area contributed by atoms with Gasteiger partial charge in [0.05, 0.1) is 12.0 Å². The Morgan fingerprint density at radius 3 is 1.30 bits per heavy atom. The second kappa shape index (κ2) is 6.64. The number of aliphatic hydroxyl groups excluding tert-OH is 1.